The van der Waals surface area contributed by atoms with Gasteiger partial charge in [-0.05, 0) is 89.9 Å². The van der Waals surface area contributed by atoms with Gasteiger partial charge in [-0.25, -0.2) is 0 Å². The molecule has 0 aliphatic heterocycles. The molecule has 89 heavy (non-hydrogen) atoms. The summed E-state index contributed by atoms with van der Waals surface area (Å²) in [5.74, 6) is -2.29. The highest BCUT2D eigenvalue weighted by Gasteiger charge is 2.22. The number of rotatable bonds is 70. The van der Waals surface area contributed by atoms with Crippen molar-refractivity contribution in [2.45, 2.75) is 360 Å². The number of carboxylic acid groups (broad SMARTS) is 1. The molecule has 0 heterocycles. The molecule has 2 unspecified atom stereocenters. The number of carbonyl (C=O) groups excluding carboxylic acids is 3. The molecule has 2 atom stereocenters. The molecule has 0 rings (SSSR count). The molecule has 0 fully saturated rings. The number of unbranched alkanes of at least 4 members (excludes halogenated alkanes) is 41. The second-order valence-corrected chi connectivity index (χ2v) is 26.6. The van der Waals surface area contributed by atoms with E-state index in [9.17, 15) is 19.5 Å². The fourth-order valence-corrected chi connectivity index (χ4v) is 10.9. The number of hydrogen-bond donors (Lipinski definition) is 0. The van der Waals surface area contributed by atoms with E-state index in [1.165, 1.54) is 218 Å². The number of esters is 2. The van der Waals surface area contributed by atoms with E-state index in [1.807, 2.05) is 21.1 Å². The molecule has 9 heteroatoms. The summed E-state index contributed by atoms with van der Waals surface area (Å²) in [5, 5.41) is 11.8. The van der Waals surface area contributed by atoms with Crippen LogP contribution in [0.5, 0.6) is 0 Å². The molecule has 0 aliphatic rings. The summed E-state index contributed by atoms with van der Waals surface area (Å²) in [7, 11) is 5.93. The van der Waals surface area contributed by atoms with E-state index in [2.05, 4.69) is 98.9 Å². The van der Waals surface area contributed by atoms with Gasteiger partial charge in [0, 0.05) is 12.8 Å². The number of carboxylic acids is 1. The van der Waals surface area contributed by atoms with Gasteiger partial charge >= 0.3 is 11.9 Å². The van der Waals surface area contributed by atoms with Crippen LogP contribution >= 0.6 is 0 Å². The monoisotopic (exact) mass is 1250 g/mol. The summed E-state index contributed by atoms with van der Waals surface area (Å²) in [4.78, 5) is 37.5. The van der Waals surface area contributed by atoms with Gasteiger partial charge in [0.25, 0.3) is 0 Å². The van der Waals surface area contributed by atoms with Gasteiger partial charge in [0.15, 0.2) is 12.4 Å². The van der Waals surface area contributed by atoms with Crippen LogP contribution in [0.25, 0.3) is 0 Å². The Labute approximate surface area is 550 Å². The van der Waals surface area contributed by atoms with Gasteiger partial charge in [-0.3, -0.25) is 9.59 Å². The van der Waals surface area contributed by atoms with Gasteiger partial charge in [-0.1, -0.05) is 330 Å². The second-order valence-electron chi connectivity index (χ2n) is 26.6. The summed E-state index contributed by atoms with van der Waals surface area (Å²) < 4.78 is 22.8. The third-order valence-electron chi connectivity index (χ3n) is 16.6. The number of ether oxygens (including phenoxy) is 4. The van der Waals surface area contributed by atoms with Crippen LogP contribution in [0.15, 0.2) is 85.1 Å². The zero-order valence-corrected chi connectivity index (χ0v) is 59.0. The SMILES string of the molecule is CC/C=C\C/C=C\C/C=C\C/C=C\C/C=C\C/C=C\CCCCCCCCC(=O)OC(COC(=O)CCCCCCCCCCCCCCCCCCCCCCCCCCCCC/C=C\CCCCCCCCCC)COC(OCC[N+](C)(C)C)C(=O)[O-]. The van der Waals surface area contributed by atoms with Crippen LogP contribution in [0.2, 0.25) is 0 Å². The third kappa shape index (κ3) is 71.8. The Balaban J connectivity index is 4.01. The Hall–Kier alpha value is -3.53. The molecule has 0 aromatic carbocycles. The molecule has 0 bridgehead atoms. The third-order valence-corrected chi connectivity index (χ3v) is 16.6. The predicted molar refractivity (Wildman–Crippen MR) is 380 cm³/mol. The normalized spacial score (nSPS) is 13.1. The molecule has 0 aromatic heterocycles. The Morgan fingerprint density at radius 2 is 0.640 bits per heavy atom. The number of carbonyl (C=O) groups is 3. The van der Waals surface area contributed by atoms with Gasteiger partial charge < -0.3 is 33.3 Å². The number of likely N-dealkylation sites (N-methyl/N-ethyl adjacent to an activating group) is 1. The van der Waals surface area contributed by atoms with Crippen molar-refractivity contribution in [1.82, 2.24) is 0 Å². The minimum absolute atomic E-state index is 0.142. The lowest BCUT2D eigenvalue weighted by Crippen LogP contribution is -2.44. The largest absolute Gasteiger partial charge is 0.545 e. The van der Waals surface area contributed by atoms with E-state index in [-0.39, 0.29) is 38.6 Å². The highest BCUT2D eigenvalue weighted by molar-refractivity contribution is 5.70. The first-order valence-electron chi connectivity index (χ1n) is 37.7. The van der Waals surface area contributed by atoms with Crippen LogP contribution in [0.3, 0.4) is 0 Å². The molecule has 9 nitrogen and oxygen atoms in total. The van der Waals surface area contributed by atoms with E-state index in [1.54, 1.807) is 0 Å². The highest BCUT2D eigenvalue weighted by Crippen LogP contribution is 2.19. The van der Waals surface area contributed by atoms with Crippen molar-refractivity contribution in [3.8, 4) is 0 Å². The Kier molecular flexibility index (Phi) is 67.6. The van der Waals surface area contributed by atoms with E-state index in [0.717, 1.165) is 96.3 Å². The van der Waals surface area contributed by atoms with Gasteiger partial charge in [0.05, 0.1) is 40.3 Å². The Morgan fingerprint density at radius 3 is 0.966 bits per heavy atom. The lowest BCUT2D eigenvalue weighted by molar-refractivity contribution is -0.870. The van der Waals surface area contributed by atoms with Crippen molar-refractivity contribution < 1.29 is 42.9 Å². The molecule has 0 spiro atoms. The van der Waals surface area contributed by atoms with Crippen molar-refractivity contribution in [3.63, 3.8) is 0 Å². The minimum Gasteiger partial charge on any atom is -0.545 e. The van der Waals surface area contributed by atoms with Crippen LogP contribution in [0.1, 0.15) is 348 Å². The fourth-order valence-electron chi connectivity index (χ4n) is 10.9. The smallest absolute Gasteiger partial charge is 0.306 e. The van der Waals surface area contributed by atoms with Crippen LogP contribution < -0.4 is 5.11 Å². The standard InChI is InChI=1S/C80H143NO8/c1-6-8-10-12-14-16-18-20-22-24-26-28-30-32-33-34-35-36-37-38-39-40-41-42-43-44-45-47-48-50-52-54-56-58-60-62-64-66-68-70-77(82)87-74-76(75-88-80(79(84)85)86-73-72-81(3,4)5)89-78(83)71-69-67-65-63-61-59-57-55-53-51-49-46-31-29-27-25-23-21-19-17-15-13-11-9-7-2/h9,11,15,17,21,23-24,26-27,29,46,49,53,55,76,80H,6-8,10,12-14,16,18-20,22,25,28,30-45,47-48,50-52,54,56-75H2,1-5H3/b11-9-,17-15-,23-21-,26-24-,29-27-,49-46-,55-53-. The highest BCUT2D eigenvalue weighted by atomic mass is 16.7. The maximum absolute atomic E-state index is 12.9. The van der Waals surface area contributed by atoms with Gasteiger partial charge in [-0.2, -0.15) is 0 Å². The summed E-state index contributed by atoms with van der Waals surface area (Å²) in [6.45, 7) is 4.65. The molecule has 0 radical (unpaired) electrons. The predicted octanol–water partition coefficient (Wildman–Crippen LogP) is 22.5. The summed E-state index contributed by atoms with van der Waals surface area (Å²) in [6, 6.07) is 0. The zero-order chi connectivity index (χ0) is 64.7. The molecule has 0 amide bonds. The number of quaternary nitrogens is 1. The minimum atomic E-state index is -1.63. The van der Waals surface area contributed by atoms with Crippen LogP contribution in [-0.2, 0) is 33.3 Å². The molecule has 0 aliphatic carbocycles. The van der Waals surface area contributed by atoms with Crippen LogP contribution in [0, 0.1) is 0 Å². The number of allylic oxidation sites excluding steroid dienone is 14. The molecule has 0 saturated carbocycles. The van der Waals surface area contributed by atoms with Gasteiger partial charge in [0.2, 0.25) is 0 Å². The van der Waals surface area contributed by atoms with E-state index >= 15 is 0 Å². The van der Waals surface area contributed by atoms with E-state index in [4.69, 9.17) is 18.9 Å². The summed E-state index contributed by atoms with van der Waals surface area (Å²) in [5.41, 5.74) is 0. The molecular weight excluding hydrogens is 1100 g/mol. The average Bonchev–Trinajstić information content (AvgIpc) is 3.64. The number of aliphatic carboxylic acids is 1. The maximum atomic E-state index is 12.9. The molecule has 0 aromatic rings. The number of hydrogen-bond acceptors (Lipinski definition) is 8. The Bertz CT molecular complexity index is 1740. The van der Waals surface area contributed by atoms with Crippen LogP contribution in [-0.4, -0.2) is 82.3 Å². The zero-order valence-electron chi connectivity index (χ0n) is 59.0. The molecule has 516 valence electrons. The lowest BCUT2D eigenvalue weighted by Gasteiger charge is -2.26. The molecule has 0 saturated heterocycles. The van der Waals surface area contributed by atoms with Crippen molar-refractivity contribution in [1.29, 1.82) is 0 Å². The second kappa shape index (κ2) is 70.3. The molecular formula is C80H143NO8. The quantitative estimate of drug-likeness (QED) is 0.0195. The van der Waals surface area contributed by atoms with Crippen molar-refractivity contribution in [3.05, 3.63) is 85.1 Å². The van der Waals surface area contributed by atoms with E-state index in [0.29, 0.717) is 17.4 Å². The Morgan fingerprint density at radius 1 is 0.348 bits per heavy atom. The van der Waals surface area contributed by atoms with Crippen molar-refractivity contribution in [2.75, 3.05) is 47.5 Å². The first kappa shape index (κ1) is 85.5. The summed E-state index contributed by atoms with van der Waals surface area (Å²) in [6.07, 6.45) is 92.7. The van der Waals surface area contributed by atoms with Crippen molar-refractivity contribution in [2.24, 2.45) is 0 Å². The summed E-state index contributed by atoms with van der Waals surface area (Å²) >= 11 is 0. The van der Waals surface area contributed by atoms with Gasteiger partial charge in [0.1, 0.15) is 13.2 Å². The first-order valence-corrected chi connectivity index (χ1v) is 37.7. The molecule has 0 N–H and O–H groups in total. The average molecular weight is 1250 g/mol. The van der Waals surface area contributed by atoms with Gasteiger partial charge in [-0.15, -0.1) is 0 Å². The van der Waals surface area contributed by atoms with Crippen LogP contribution in [0.4, 0.5) is 0 Å². The first-order chi connectivity index (χ1) is 43.6. The lowest BCUT2D eigenvalue weighted by atomic mass is 10.0. The maximum Gasteiger partial charge on any atom is 0.306 e. The topological polar surface area (TPSA) is 111 Å². The van der Waals surface area contributed by atoms with E-state index < -0.39 is 24.3 Å². The fraction of sp³-hybridized carbons (Fsp3) is 0.787. The number of nitrogens with zero attached hydrogens (tertiary/aromatic N) is 1. The van der Waals surface area contributed by atoms with Crippen molar-refractivity contribution >= 4 is 17.9 Å².